The highest BCUT2D eigenvalue weighted by molar-refractivity contribution is 7.99. The summed E-state index contributed by atoms with van der Waals surface area (Å²) in [4.78, 5) is 0. The predicted molar refractivity (Wildman–Crippen MR) is 74.1 cm³/mol. The number of rotatable bonds is 4. The molecule has 0 saturated heterocycles. The molecule has 16 heavy (non-hydrogen) atoms. The van der Waals surface area contributed by atoms with Gasteiger partial charge in [0.15, 0.2) is 0 Å². The molecule has 1 nitrogen and oxygen atoms in total. The smallest absolute Gasteiger partial charge is 0.0198 e. The summed E-state index contributed by atoms with van der Waals surface area (Å²) in [6.45, 7) is 2.35. The fraction of sp³-hybridized carbons (Fsp3) is 1.00. The number of hydrogen-bond acceptors (Lipinski definition) is 2. The Labute approximate surface area is 105 Å². The van der Waals surface area contributed by atoms with Gasteiger partial charge >= 0.3 is 0 Å². The van der Waals surface area contributed by atoms with Gasteiger partial charge < -0.3 is 5.32 Å². The molecule has 0 heterocycles. The van der Waals surface area contributed by atoms with Crippen LogP contribution in [-0.2, 0) is 0 Å². The Bertz CT molecular complexity index is 207. The Morgan fingerprint density at radius 2 is 1.94 bits per heavy atom. The summed E-state index contributed by atoms with van der Waals surface area (Å²) in [5.41, 5.74) is 0. The zero-order chi connectivity index (χ0) is 11.4. The van der Waals surface area contributed by atoms with Crippen LogP contribution in [0, 0.1) is 5.92 Å². The zero-order valence-electron chi connectivity index (χ0n) is 10.9. The van der Waals surface area contributed by atoms with Gasteiger partial charge in [-0.2, -0.15) is 11.8 Å². The molecule has 2 aliphatic rings. The molecule has 4 atom stereocenters. The standard InChI is InChI=1S/C14H27NS/c1-3-11-8-9-12(10-11)15-13-6-4-5-7-14(13)16-2/h11-15H,3-10H2,1-2H3. The first-order valence-electron chi connectivity index (χ1n) is 7.12. The number of thioether (sulfide) groups is 1. The molecule has 2 rings (SSSR count). The molecule has 94 valence electrons. The van der Waals surface area contributed by atoms with E-state index in [0.717, 1.165) is 23.3 Å². The lowest BCUT2D eigenvalue weighted by Crippen LogP contribution is -2.45. The second-order valence-electron chi connectivity index (χ2n) is 5.62. The van der Waals surface area contributed by atoms with Gasteiger partial charge in [0, 0.05) is 17.3 Å². The highest BCUT2D eigenvalue weighted by Crippen LogP contribution is 2.32. The van der Waals surface area contributed by atoms with E-state index in [4.69, 9.17) is 0 Å². The van der Waals surface area contributed by atoms with E-state index in [0.29, 0.717) is 0 Å². The van der Waals surface area contributed by atoms with Crippen LogP contribution in [0.2, 0.25) is 0 Å². The zero-order valence-corrected chi connectivity index (χ0v) is 11.7. The van der Waals surface area contributed by atoms with E-state index >= 15 is 0 Å². The van der Waals surface area contributed by atoms with E-state index in [1.807, 2.05) is 0 Å². The lowest BCUT2D eigenvalue weighted by molar-refractivity contribution is 0.340. The lowest BCUT2D eigenvalue weighted by atomic mass is 9.94. The van der Waals surface area contributed by atoms with Crippen molar-refractivity contribution in [3.63, 3.8) is 0 Å². The van der Waals surface area contributed by atoms with Crippen LogP contribution < -0.4 is 5.32 Å². The molecule has 2 aliphatic carbocycles. The number of hydrogen-bond donors (Lipinski definition) is 1. The highest BCUT2D eigenvalue weighted by Gasteiger charge is 2.29. The van der Waals surface area contributed by atoms with Crippen LogP contribution in [0.1, 0.15) is 58.3 Å². The molecule has 0 radical (unpaired) electrons. The van der Waals surface area contributed by atoms with Gasteiger partial charge in [0.1, 0.15) is 0 Å². The number of nitrogens with one attached hydrogen (secondary N) is 1. The summed E-state index contributed by atoms with van der Waals surface area (Å²) in [7, 11) is 0. The first kappa shape index (κ1) is 12.8. The highest BCUT2D eigenvalue weighted by atomic mass is 32.2. The largest absolute Gasteiger partial charge is 0.310 e. The molecule has 0 bridgehead atoms. The third-order valence-corrected chi connectivity index (χ3v) is 5.74. The van der Waals surface area contributed by atoms with Crippen LogP contribution in [-0.4, -0.2) is 23.6 Å². The second-order valence-corrected chi connectivity index (χ2v) is 6.69. The fourth-order valence-electron chi connectivity index (χ4n) is 3.47. The third kappa shape index (κ3) is 3.16. The maximum absolute atomic E-state index is 3.96. The Hall–Kier alpha value is 0.310. The van der Waals surface area contributed by atoms with Crippen LogP contribution >= 0.6 is 11.8 Å². The molecule has 0 aromatic heterocycles. The first-order valence-corrected chi connectivity index (χ1v) is 8.41. The molecule has 0 amide bonds. The van der Waals surface area contributed by atoms with Crippen molar-refractivity contribution in [2.24, 2.45) is 5.92 Å². The van der Waals surface area contributed by atoms with Gasteiger partial charge in [0.2, 0.25) is 0 Å². The molecule has 2 saturated carbocycles. The van der Waals surface area contributed by atoms with Crippen molar-refractivity contribution in [1.29, 1.82) is 0 Å². The van der Waals surface area contributed by atoms with Crippen molar-refractivity contribution in [2.45, 2.75) is 75.6 Å². The van der Waals surface area contributed by atoms with Crippen LogP contribution in [0.25, 0.3) is 0 Å². The Kier molecular flexibility index (Phi) is 5.02. The monoisotopic (exact) mass is 241 g/mol. The van der Waals surface area contributed by atoms with Crippen molar-refractivity contribution in [3.05, 3.63) is 0 Å². The Morgan fingerprint density at radius 3 is 2.62 bits per heavy atom. The van der Waals surface area contributed by atoms with Gasteiger partial charge in [-0.05, 0) is 44.3 Å². The summed E-state index contributed by atoms with van der Waals surface area (Å²) >= 11 is 2.08. The van der Waals surface area contributed by atoms with E-state index < -0.39 is 0 Å². The normalized spacial score (nSPS) is 40.1. The maximum atomic E-state index is 3.96. The van der Waals surface area contributed by atoms with Crippen molar-refractivity contribution >= 4 is 11.8 Å². The van der Waals surface area contributed by atoms with Crippen molar-refractivity contribution in [3.8, 4) is 0 Å². The SMILES string of the molecule is CCC1CCC(NC2CCCCC2SC)C1. The van der Waals surface area contributed by atoms with Crippen LogP contribution in [0.5, 0.6) is 0 Å². The van der Waals surface area contributed by atoms with Gasteiger partial charge in [0.05, 0.1) is 0 Å². The molecule has 0 spiro atoms. The summed E-state index contributed by atoms with van der Waals surface area (Å²) in [6, 6.07) is 1.65. The fourth-order valence-corrected chi connectivity index (χ4v) is 4.42. The minimum absolute atomic E-state index is 0.810. The topological polar surface area (TPSA) is 12.0 Å². The van der Waals surface area contributed by atoms with Gasteiger partial charge in [-0.15, -0.1) is 0 Å². The Balaban J connectivity index is 1.79. The maximum Gasteiger partial charge on any atom is 0.0198 e. The quantitative estimate of drug-likeness (QED) is 0.803. The molecular weight excluding hydrogens is 214 g/mol. The van der Waals surface area contributed by atoms with Crippen molar-refractivity contribution < 1.29 is 0 Å². The molecule has 0 aromatic carbocycles. The van der Waals surface area contributed by atoms with Gasteiger partial charge in [-0.3, -0.25) is 0 Å². The van der Waals surface area contributed by atoms with E-state index in [-0.39, 0.29) is 0 Å². The molecular formula is C14H27NS. The average molecular weight is 241 g/mol. The van der Waals surface area contributed by atoms with Crippen molar-refractivity contribution in [1.82, 2.24) is 5.32 Å². The third-order valence-electron chi connectivity index (χ3n) is 4.57. The molecule has 4 unspecified atom stereocenters. The minimum atomic E-state index is 0.810. The van der Waals surface area contributed by atoms with E-state index in [1.54, 1.807) is 0 Å². The molecule has 2 heteroatoms. The minimum Gasteiger partial charge on any atom is -0.310 e. The summed E-state index contributed by atoms with van der Waals surface area (Å²) in [5, 5.41) is 4.85. The average Bonchev–Trinajstić information content (AvgIpc) is 2.77. The Morgan fingerprint density at radius 1 is 1.12 bits per heavy atom. The van der Waals surface area contributed by atoms with Crippen LogP contribution in [0.3, 0.4) is 0 Å². The van der Waals surface area contributed by atoms with Crippen LogP contribution in [0.4, 0.5) is 0 Å². The summed E-state index contributed by atoms with van der Waals surface area (Å²) in [6.07, 6.45) is 13.7. The van der Waals surface area contributed by atoms with E-state index in [2.05, 4.69) is 30.3 Å². The second kappa shape index (κ2) is 6.30. The summed E-state index contributed by atoms with van der Waals surface area (Å²) in [5.74, 6) is 1.01. The van der Waals surface area contributed by atoms with Crippen molar-refractivity contribution in [2.75, 3.05) is 6.26 Å². The molecule has 2 fully saturated rings. The lowest BCUT2D eigenvalue weighted by Gasteiger charge is -2.33. The summed E-state index contributed by atoms with van der Waals surface area (Å²) < 4.78 is 0. The first-order chi connectivity index (χ1) is 7.83. The van der Waals surface area contributed by atoms with E-state index in [9.17, 15) is 0 Å². The molecule has 0 aromatic rings. The predicted octanol–water partition coefficient (Wildman–Crippen LogP) is 3.83. The van der Waals surface area contributed by atoms with Gasteiger partial charge in [-0.1, -0.05) is 26.2 Å². The van der Waals surface area contributed by atoms with Gasteiger partial charge in [0.25, 0.3) is 0 Å². The molecule has 0 aliphatic heterocycles. The van der Waals surface area contributed by atoms with E-state index in [1.165, 1.54) is 51.4 Å². The van der Waals surface area contributed by atoms with Gasteiger partial charge in [-0.25, -0.2) is 0 Å². The van der Waals surface area contributed by atoms with Crippen LogP contribution in [0.15, 0.2) is 0 Å². The molecule has 1 N–H and O–H groups in total.